The zero-order valence-corrected chi connectivity index (χ0v) is 12.1. The number of aromatic nitrogens is 3. The Balaban J connectivity index is 1.72. The number of benzene rings is 1. The van der Waals surface area contributed by atoms with Gasteiger partial charge in [-0.1, -0.05) is 22.8 Å². The lowest BCUT2D eigenvalue weighted by Crippen LogP contribution is -1.99. The molecule has 2 aromatic heterocycles. The summed E-state index contributed by atoms with van der Waals surface area (Å²) in [6.07, 6.45) is 3.47. The number of anilines is 1. The van der Waals surface area contributed by atoms with E-state index in [1.54, 1.807) is 12.4 Å². The fraction of sp³-hybridized carbons (Fsp3) is 0.133. The summed E-state index contributed by atoms with van der Waals surface area (Å²) in [4.78, 5) is 8.45. The lowest BCUT2D eigenvalue weighted by atomic mass is 10.1. The van der Waals surface area contributed by atoms with Crippen LogP contribution in [0.5, 0.6) is 0 Å². The zero-order chi connectivity index (χ0) is 14.7. The summed E-state index contributed by atoms with van der Waals surface area (Å²) < 4.78 is 5.24. The van der Waals surface area contributed by atoms with Gasteiger partial charge in [-0.2, -0.15) is 4.98 Å². The van der Waals surface area contributed by atoms with Crippen LogP contribution in [0.2, 0.25) is 5.02 Å². The minimum Gasteiger partial charge on any atom is -0.376 e. The quantitative estimate of drug-likeness (QED) is 0.796. The number of nitrogens with one attached hydrogen (secondary N) is 1. The topological polar surface area (TPSA) is 63.8 Å². The molecule has 1 N–H and O–H groups in total. The van der Waals surface area contributed by atoms with Gasteiger partial charge in [0.2, 0.25) is 11.7 Å². The van der Waals surface area contributed by atoms with E-state index >= 15 is 0 Å². The molecule has 0 bridgehead atoms. The molecule has 0 saturated heterocycles. The molecule has 0 fully saturated rings. The highest BCUT2D eigenvalue weighted by molar-refractivity contribution is 6.30. The van der Waals surface area contributed by atoms with Gasteiger partial charge in [-0.3, -0.25) is 4.98 Å². The Hall–Kier alpha value is -2.40. The van der Waals surface area contributed by atoms with Crippen molar-refractivity contribution in [1.82, 2.24) is 15.1 Å². The van der Waals surface area contributed by atoms with Gasteiger partial charge in [-0.25, -0.2) is 0 Å². The Morgan fingerprint density at radius 2 is 2.19 bits per heavy atom. The molecule has 0 spiro atoms. The first-order valence-corrected chi connectivity index (χ1v) is 6.83. The van der Waals surface area contributed by atoms with Gasteiger partial charge in [0.25, 0.3) is 0 Å². The third-order valence-corrected chi connectivity index (χ3v) is 3.25. The fourth-order valence-corrected chi connectivity index (χ4v) is 2.10. The van der Waals surface area contributed by atoms with Crippen molar-refractivity contribution in [3.8, 4) is 11.4 Å². The Bertz CT molecular complexity index is 757. The average molecular weight is 301 g/mol. The summed E-state index contributed by atoms with van der Waals surface area (Å²) in [5.41, 5.74) is 2.83. The molecular weight excluding hydrogens is 288 g/mol. The zero-order valence-electron chi connectivity index (χ0n) is 11.4. The summed E-state index contributed by atoms with van der Waals surface area (Å²) in [7, 11) is 0. The van der Waals surface area contributed by atoms with Gasteiger partial charge in [-0.05, 0) is 36.8 Å². The van der Waals surface area contributed by atoms with Crippen LogP contribution in [-0.4, -0.2) is 15.1 Å². The monoisotopic (exact) mass is 300 g/mol. The molecular formula is C15H13ClN4O. The van der Waals surface area contributed by atoms with Crippen LogP contribution < -0.4 is 5.32 Å². The fourth-order valence-electron chi connectivity index (χ4n) is 1.91. The number of nitrogens with zero attached hydrogens (tertiary/aromatic N) is 3. The molecule has 0 saturated carbocycles. The van der Waals surface area contributed by atoms with Crippen molar-refractivity contribution in [3.05, 3.63) is 59.2 Å². The van der Waals surface area contributed by atoms with Gasteiger partial charge in [0.15, 0.2) is 0 Å². The van der Waals surface area contributed by atoms with E-state index in [1.165, 1.54) is 0 Å². The molecule has 0 aliphatic rings. The summed E-state index contributed by atoms with van der Waals surface area (Å²) in [6, 6.07) is 9.37. The molecule has 3 aromatic rings. The predicted molar refractivity (Wildman–Crippen MR) is 81.0 cm³/mol. The van der Waals surface area contributed by atoms with E-state index in [2.05, 4.69) is 20.4 Å². The number of halogens is 1. The molecule has 0 atom stereocenters. The molecule has 1 aromatic carbocycles. The minimum absolute atomic E-state index is 0.437. The van der Waals surface area contributed by atoms with Gasteiger partial charge in [-0.15, -0.1) is 0 Å². The SMILES string of the molecule is Cc1ccncc1-c1noc(CNc2cccc(Cl)c2)n1. The Labute approximate surface area is 127 Å². The average Bonchev–Trinajstić information content (AvgIpc) is 2.94. The number of rotatable bonds is 4. The number of hydrogen-bond donors (Lipinski definition) is 1. The smallest absolute Gasteiger partial charge is 0.246 e. The third-order valence-electron chi connectivity index (χ3n) is 3.02. The molecule has 0 amide bonds. The highest BCUT2D eigenvalue weighted by Gasteiger charge is 2.10. The van der Waals surface area contributed by atoms with Gasteiger partial charge < -0.3 is 9.84 Å². The maximum Gasteiger partial charge on any atom is 0.246 e. The largest absolute Gasteiger partial charge is 0.376 e. The second kappa shape index (κ2) is 5.93. The van der Waals surface area contributed by atoms with E-state index in [-0.39, 0.29) is 0 Å². The van der Waals surface area contributed by atoms with Crippen molar-refractivity contribution < 1.29 is 4.52 Å². The first kappa shape index (κ1) is 13.6. The standard InChI is InChI=1S/C15H13ClN4O/c1-10-5-6-17-8-13(10)15-19-14(21-20-15)9-18-12-4-2-3-11(16)7-12/h2-8,18H,9H2,1H3. The van der Waals surface area contributed by atoms with Gasteiger partial charge in [0.05, 0.1) is 6.54 Å². The van der Waals surface area contributed by atoms with Crippen LogP contribution in [-0.2, 0) is 6.54 Å². The first-order chi connectivity index (χ1) is 10.2. The summed E-state index contributed by atoms with van der Waals surface area (Å²) >= 11 is 5.93. The summed E-state index contributed by atoms with van der Waals surface area (Å²) in [5, 5.41) is 7.85. The highest BCUT2D eigenvalue weighted by atomic mass is 35.5. The lowest BCUT2D eigenvalue weighted by Gasteiger charge is -2.02. The van der Waals surface area contributed by atoms with Crippen LogP contribution in [0.15, 0.2) is 47.2 Å². The van der Waals surface area contributed by atoms with E-state index in [9.17, 15) is 0 Å². The molecule has 3 rings (SSSR count). The van der Waals surface area contributed by atoms with Crippen LogP contribution in [0.4, 0.5) is 5.69 Å². The van der Waals surface area contributed by atoms with E-state index in [4.69, 9.17) is 16.1 Å². The van der Waals surface area contributed by atoms with Crippen molar-refractivity contribution in [2.75, 3.05) is 5.32 Å². The Kier molecular flexibility index (Phi) is 3.83. The van der Waals surface area contributed by atoms with Crippen LogP contribution in [0.3, 0.4) is 0 Å². The molecule has 6 heteroatoms. The van der Waals surface area contributed by atoms with Crippen molar-refractivity contribution in [2.45, 2.75) is 13.5 Å². The highest BCUT2D eigenvalue weighted by Crippen LogP contribution is 2.19. The summed E-state index contributed by atoms with van der Waals surface area (Å²) in [6.45, 7) is 2.42. The minimum atomic E-state index is 0.437. The molecule has 106 valence electrons. The number of aryl methyl sites for hydroxylation is 1. The molecule has 0 aliphatic heterocycles. The Morgan fingerprint density at radius 1 is 1.29 bits per heavy atom. The lowest BCUT2D eigenvalue weighted by molar-refractivity contribution is 0.384. The second-order valence-corrected chi connectivity index (χ2v) is 5.00. The van der Waals surface area contributed by atoms with E-state index in [0.29, 0.717) is 23.3 Å². The normalized spacial score (nSPS) is 10.6. The molecule has 2 heterocycles. The third kappa shape index (κ3) is 3.20. The van der Waals surface area contributed by atoms with Crippen LogP contribution in [0, 0.1) is 6.92 Å². The van der Waals surface area contributed by atoms with Crippen LogP contribution >= 0.6 is 11.6 Å². The first-order valence-electron chi connectivity index (χ1n) is 6.45. The van der Waals surface area contributed by atoms with Crippen molar-refractivity contribution in [3.63, 3.8) is 0 Å². The Morgan fingerprint density at radius 3 is 3.00 bits per heavy atom. The van der Waals surface area contributed by atoms with E-state index in [0.717, 1.165) is 16.8 Å². The molecule has 0 radical (unpaired) electrons. The van der Waals surface area contributed by atoms with E-state index in [1.807, 2.05) is 37.3 Å². The van der Waals surface area contributed by atoms with Crippen molar-refractivity contribution >= 4 is 17.3 Å². The number of pyridine rings is 1. The predicted octanol–water partition coefficient (Wildman–Crippen LogP) is 3.71. The van der Waals surface area contributed by atoms with Gasteiger partial charge in [0.1, 0.15) is 0 Å². The van der Waals surface area contributed by atoms with Gasteiger partial charge in [0, 0.05) is 28.7 Å². The second-order valence-electron chi connectivity index (χ2n) is 4.57. The van der Waals surface area contributed by atoms with Crippen LogP contribution in [0.1, 0.15) is 11.5 Å². The van der Waals surface area contributed by atoms with Crippen molar-refractivity contribution in [2.24, 2.45) is 0 Å². The molecule has 21 heavy (non-hydrogen) atoms. The molecule has 0 unspecified atom stereocenters. The van der Waals surface area contributed by atoms with E-state index < -0.39 is 0 Å². The maximum absolute atomic E-state index is 5.93. The molecule has 5 nitrogen and oxygen atoms in total. The van der Waals surface area contributed by atoms with Crippen LogP contribution in [0.25, 0.3) is 11.4 Å². The van der Waals surface area contributed by atoms with Crippen molar-refractivity contribution in [1.29, 1.82) is 0 Å². The maximum atomic E-state index is 5.93. The number of hydrogen-bond acceptors (Lipinski definition) is 5. The molecule has 0 aliphatic carbocycles. The van der Waals surface area contributed by atoms with Gasteiger partial charge >= 0.3 is 0 Å². The summed E-state index contributed by atoms with van der Waals surface area (Å²) in [5.74, 6) is 1.05.